The summed E-state index contributed by atoms with van der Waals surface area (Å²) in [7, 11) is 1.34. The van der Waals surface area contributed by atoms with E-state index in [4.69, 9.17) is 0 Å². The first kappa shape index (κ1) is 11.6. The number of nitrogens with one attached hydrogen (secondary N) is 1. The molecule has 0 aliphatic heterocycles. The molecular formula is C12H12N2O2S. The lowest BCUT2D eigenvalue weighted by Gasteiger charge is -2.03. The van der Waals surface area contributed by atoms with Crippen molar-refractivity contribution in [1.82, 2.24) is 4.98 Å². The molecule has 0 fully saturated rings. The number of aromatic nitrogens is 1. The van der Waals surface area contributed by atoms with Crippen LogP contribution in [0.2, 0.25) is 0 Å². The van der Waals surface area contributed by atoms with Crippen LogP contribution in [-0.4, -0.2) is 18.2 Å². The van der Waals surface area contributed by atoms with Crippen molar-refractivity contribution in [1.29, 1.82) is 0 Å². The fourth-order valence-electron chi connectivity index (χ4n) is 1.35. The first-order valence-corrected chi connectivity index (χ1v) is 5.94. The van der Waals surface area contributed by atoms with E-state index >= 15 is 0 Å². The standard InChI is InChI=1S/C12H12N2O2S/c1-8-7-17-11(13-8)9-3-5-10(6-4-9)14-12(15)16-2/h3-7H,1-2H3,(H,14,15). The van der Waals surface area contributed by atoms with Crippen LogP contribution in [0.5, 0.6) is 0 Å². The van der Waals surface area contributed by atoms with Crippen LogP contribution in [0.4, 0.5) is 10.5 Å². The number of rotatable bonds is 2. The van der Waals surface area contributed by atoms with Crippen molar-refractivity contribution in [3.63, 3.8) is 0 Å². The predicted molar refractivity (Wildman–Crippen MR) is 68.3 cm³/mol. The quantitative estimate of drug-likeness (QED) is 0.887. The second kappa shape index (κ2) is 4.97. The summed E-state index contributed by atoms with van der Waals surface area (Å²) in [5.41, 5.74) is 2.76. The van der Waals surface area contributed by atoms with Crippen molar-refractivity contribution in [2.75, 3.05) is 12.4 Å². The van der Waals surface area contributed by atoms with Gasteiger partial charge in [0.1, 0.15) is 5.01 Å². The van der Waals surface area contributed by atoms with Gasteiger partial charge in [0, 0.05) is 22.3 Å². The number of ether oxygens (including phenoxy) is 1. The molecule has 0 atom stereocenters. The third-order valence-corrected chi connectivity index (χ3v) is 3.19. The Kier molecular flexibility index (Phi) is 3.39. The zero-order valence-corrected chi connectivity index (χ0v) is 10.4. The van der Waals surface area contributed by atoms with E-state index in [2.05, 4.69) is 15.0 Å². The van der Waals surface area contributed by atoms with E-state index in [0.29, 0.717) is 5.69 Å². The number of methoxy groups -OCH3 is 1. The van der Waals surface area contributed by atoms with Gasteiger partial charge >= 0.3 is 6.09 Å². The van der Waals surface area contributed by atoms with Crippen molar-refractivity contribution in [3.05, 3.63) is 35.3 Å². The molecule has 1 aromatic heterocycles. The number of carbonyl (C=O) groups is 1. The van der Waals surface area contributed by atoms with Crippen molar-refractivity contribution in [3.8, 4) is 10.6 Å². The number of nitrogens with zero attached hydrogens (tertiary/aromatic N) is 1. The van der Waals surface area contributed by atoms with E-state index in [0.717, 1.165) is 16.3 Å². The van der Waals surface area contributed by atoms with Gasteiger partial charge in [-0.3, -0.25) is 5.32 Å². The van der Waals surface area contributed by atoms with E-state index in [1.54, 1.807) is 11.3 Å². The van der Waals surface area contributed by atoms with Gasteiger partial charge in [0.25, 0.3) is 0 Å². The number of benzene rings is 1. The highest BCUT2D eigenvalue weighted by Gasteiger charge is 2.04. The summed E-state index contributed by atoms with van der Waals surface area (Å²) in [6.07, 6.45) is -0.470. The summed E-state index contributed by atoms with van der Waals surface area (Å²) >= 11 is 1.60. The smallest absolute Gasteiger partial charge is 0.411 e. The Morgan fingerprint density at radius 2 is 2.06 bits per heavy atom. The predicted octanol–water partition coefficient (Wildman–Crippen LogP) is 3.30. The van der Waals surface area contributed by atoms with E-state index < -0.39 is 6.09 Å². The first-order chi connectivity index (χ1) is 8.19. The average molecular weight is 248 g/mol. The number of hydrogen-bond donors (Lipinski definition) is 1. The normalized spacial score (nSPS) is 10.0. The highest BCUT2D eigenvalue weighted by atomic mass is 32.1. The molecule has 0 aliphatic rings. The number of aryl methyl sites for hydroxylation is 1. The first-order valence-electron chi connectivity index (χ1n) is 5.06. The van der Waals surface area contributed by atoms with Gasteiger partial charge < -0.3 is 4.74 Å². The van der Waals surface area contributed by atoms with Crippen LogP contribution in [0.3, 0.4) is 0 Å². The van der Waals surface area contributed by atoms with E-state index in [1.807, 2.05) is 36.6 Å². The van der Waals surface area contributed by atoms with Crippen LogP contribution >= 0.6 is 11.3 Å². The van der Waals surface area contributed by atoms with Gasteiger partial charge in [0.2, 0.25) is 0 Å². The van der Waals surface area contributed by atoms with Crippen molar-refractivity contribution < 1.29 is 9.53 Å². The molecule has 0 bridgehead atoms. The van der Waals surface area contributed by atoms with E-state index in [9.17, 15) is 4.79 Å². The van der Waals surface area contributed by atoms with E-state index in [1.165, 1.54) is 7.11 Å². The minimum atomic E-state index is -0.470. The van der Waals surface area contributed by atoms with Crippen LogP contribution < -0.4 is 5.32 Å². The van der Waals surface area contributed by atoms with Gasteiger partial charge in [-0.1, -0.05) is 0 Å². The second-order valence-corrected chi connectivity index (χ2v) is 4.35. The Morgan fingerprint density at radius 1 is 1.35 bits per heavy atom. The molecule has 4 nitrogen and oxygen atoms in total. The Balaban J connectivity index is 2.15. The molecule has 5 heteroatoms. The molecule has 1 heterocycles. The fourth-order valence-corrected chi connectivity index (χ4v) is 2.16. The molecule has 2 aromatic rings. The van der Waals surface area contributed by atoms with Crippen molar-refractivity contribution >= 4 is 23.1 Å². The zero-order chi connectivity index (χ0) is 12.3. The van der Waals surface area contributed by atoms with Crippen LogP contribution in [0.1, 0.15) is 5.69 Å². The molecule has 0 saturated heterocycles. The van der Waals surface area contributed by atoms with Gasteiger partial charge in [0.15, 0.2) is 0 Å². The Labute approximate surface area is 103 Å². The highest BCUT2D eigenvalue weighted by Crippen LogP contribution is 2.24. The van der Waals surface area contributed by atoms with Gasteiger partial charge in [0.05, 0.1) is 7.11 Å². The lowest BCUT2D eigenvalue weighted by Crippen LogP contribution is -2.10. The largest absolute Gasteiger partial charge is 0.453 e. The van der Waals surface area contributed by atoms with Gasteiger partial charge in [-0.25, -0.2) is 9.78 Å². The average Bonchev–Trinajstić information content (AvgIpc) is 2.77. The molecule has 0 aliphatic carbocycles. The Hall–Kier alpha value is -1.88. The Morgan fingerprint density at radius 3 is 2.59 bits per heavy atom. The lowest BCUT2D eigenvalue weighted by molar-refractivity contribution is 0.187. The molecule has 2 rings (SSSR count). The number of thiazole rings is 1. The molecule has 0 unspecified atom stereocenters. The lowest BCUT2D eigenvalue weighted by atomic mass is 10.2. The van der Waals surface area contributed by atoms with Crippen molar-refractivity contribution in [2.24, 2.45) is 0 Å². The molecule has 0 radical (unpaired) electrons. The molecular weight excluding hydrogens is 236 g/mol. The summed E-state index contributed by atoms with van der Waals surface area (Å²) in [5.74, 6) is 0. The summed E-state index contributed by atoms with van der Waals surface area (Å²) in [4.78, 5) is 15.4. The van der Waals surface area contributed by atoms with Crippen LogP contribution in [0.25, 0.3) is 10.6 Å². The molecule has 1 aromatic carbocycles. The summed E-state index contributed by atoms with van der Waals surface area (Å²) in [6, 6.07) is 7.49. The van der Waals surface area contributed by atoms with Gasteiger partial charge in [-0.15, -0.1) is 11.3 Å². The van der Waals surface area contributed by atoms with E-state index in [-0.39, 0.29) is 0 Å². The number of anilines is 1. The Bertz CT molecular complexity index is 520. The molecule has 1 N–H and O–H groups in total. The number of amides is 1. The summed E-state index contributed by atoms with van der Waals surface area (Å²) in [6.45, 7) is 1.97. The fraction of sp³-hybridized carbons (Fsp3) is 0.167. The summed E-state index contributed by atoms with van der Waals surface area (Å²) in [5, 5.41) is 5.59. The molecule has 0 saturated carbocycles. The van der Waals surface area contributed by atoms with Crippen LogP contribution in [-0.2, 0) is 4.74 Å². The SMILES string of the molecule is COC(=O)Nc1ccc(-c2nc(C)cs2)cc1. The molecule has 88 valence electrons. The maximum atomic E-state index is 11.0. The molecule has 1 amide bonds. The molecule has 0 spiro atoms. The number of carbonyl (C=O) groups excluding carboxylic acids is 1. The number of hydrogen-bond acceptors (Lipinski definition) is 4. The van der Waals surface area contributed by atoms with Gasteiger partial charge in [-0.05, 0) is 31.2 Å². The minimum Gasteiger partial charge on any atom is -0.453 e. The zero-order valence-electron chi connectivity index (χ0n) is 9.56. The maximum Gasteiger partial charge on any atom is 0.411 e. The minimum absolute atomic E-state index is 0.470. The maximum absolute atomic E-state index is 11.0. The highest BCUT2D eigenvalue weighted by molar-refractivity contribution is 7.13. The third-order valence-electron chi connectivity index (χ3n) is 2.18. The molecule has 17 heavy (non-hydrogen) atoms. The van der Waals surface area contributed by atoms with Crippen LogP contribution in [0.15, 0.2) is 29.6 Å². The third kappa shape index (κ3) is 2.82. The second-order valence-electron chi connectivity index (χ2n) is 3.49. The van der Waals surface area contributed by atoms with Crippen LogP contribution in [0, 0.1) is 6.92 Å². The summed E-state index contributed by atoms with van der Waals surface area (Å²) < 4.78 is 4.51. The van der Waals surface area contributed by atoms with Crippen molar-refractivity contribution in [2.45, 2.75) is 6.92 Å². The van der Waals surface area contributed by atoms with Gasteiger partial charge in [-0.2, -0.15) is 0 Å². The topological polar surface area (TPSA) is 51.2 Å². The monoisotopic (exact) mass is 248 g/mol.